The Morgan fingerprint density at radius 2 is 1.80 bits per heavy atom. The topological polar surface area (TPSA) is 84.9 Å². The maximum Gasteiger partial charge on any atom is 0.240 e. The summed E-state index contributed by atoms with van der Waals surface area (Å²) >= 11 is 1.60. The Balaban J connectivity index is 1.68. The highest BCUT2D eigenvalue weighted by atomic mass is 32.2. The quantitative estimate of drug-likeness (QED) is 0.746. The Morgan fingerprint density at radius 1 is 1.12 bits per heavy atom. The molecule has 2 aromatic carbocycles. The second kappa shape index (κ2) is 7.65. The molecule has 0 saturated carbocycles. The number of benzene rings is 2. The Labute approximate surface area is 151 Å². The first-order valence-electron chi connectivity index (χ1n) is 7.71. The number of aliphatic hydroxyl groups excluding tert-OH is 1. The molecule has 25 heavy (non-hydrogen) atoms. The van der Waals surface area contributed by atoms with Crippen LogP contribution in [0, 0.1) is 0 Å². The average Bonchev–Trinajstić information content (AvgIpc) is 2.66. The third-order valence-electron chi connectivity index (χ3n) is 3.79. The monoisotopic (exact) mass is 381 g/mol. The molecule has 0 fully saturated rings. The van der Waals surface area contributed by atoms with Crippen molar-refractivity contribution >= 4 is 21.8 Å². The summed E-state index contributed by atoms with van der Waals surface area (Å²) < 4.78 is 38.1. The lowest BCUT2D eigenvalue weighted by atomic mass is 10.1. The zero-order chi connectivity index (χ0) is 17.9. The summed E-state index contributed by atoms with van der Waals surface area (Å²) in [5.41, 5.74) is 0.655. The molecule has 0 spiro atoms. The van der Waals surface area contributed by atoms with E-state index in [0.717, 1.165) is 4.90 Å². The smallest absolute Gasteiger partial charge is 0.240 e. The number of rotatable bonds is 6. The van der Waals surface area contributed by atoms with Crippen molar-refractivity contribution in [1.82, 2.24) is 4.72 Å². The van der Waals surface area contributed by atoms with Crippen molar-refractivity contribution in [3.8, 4) is 11.5 Å². The van der Waals surface area contributed by atoms with E-state index in [4.69, 9.17) is 9.47 Å². The summed E-state index contributed by atoms with van der Waals surface area (Å²) in [4.78, 5) is 1.15. The molecule has 0 radical (unpaired) electrons. The van der Waals surface area contributed by atoms with Crippen LogP contribution in [0.5, 0.6) is 11.5 Å². The van der Waals surface area contributed by atoms with Gasteiger partial charge < -0.3 is 14.6 Å². The highest BCUT2D eigenvalue weighted by molar-refractivity contribution is 7.98. The fourth-order valence-electron chi connectivity index (χ4n) is 2.41. The number of nitrogens with one attached hydrogen (secondary N) is 1. The molecular formula is C17H19NO5S2. The van der Waals surface area contributed by atoms with Gasteiger partial charge in [0.15, 0.2) is 11.5 Å². The predicted molar refractivity (Wildman–Crippen MR) is 95.8 cm³/mol. The molecule has 3 rings (SSSR count). The molecule has 134 valence electrons. The van der Waals surface area contributed by atoms with Crippen LogP contribution >= 0.6 is 11.8 Å². The van der Waals surface area contributed by atoms with Crippen LogP contribution in [0.3, 0.4) is 0 Å². The van der Waals surface area contributed by atoms with Crippen molar-refractivity contribution in [3.05, 3.63) is 48.0 Å². The predicted octanol–water partition coefficient (Wildman–Crippen LogP) is 2.19. The Morgan fingerprint density at radius 3 is 2.48 bits per heavy atom. The van der Waals surface area contributed by atoms with E-state index in [0.29, 0.717) is 30.3 Å². The SMILES string of the molecule is CSc1ccc(C(O)CNS(=O)(=O)c2ccc3c(c2)OCCO3)cc1. The van der Waals surface area contributed by atoms with Crippen LogP contribution in [0.15, 0.2) is 52.3 Å². The Bertz CT molecular complexity index is 837. The minimum atomic E-state index is -3.76. The zero-order valence-corrected chi connectivity index (χ0v) is 15.3. The highest BCUT2D eigenvalue weighted by Gasteiger charge is 2.20. The number of hydrogen-bond acceptors (Lipinski definition) is 6. The minimum absolute atomic E-state index is 0.0710. The van der Waals surface area contributed by atoms with E-state index in [-0.39, 0.29) is 11.4 Å². The molecule has 0 aromatic heterocycles. The molecule has 0 amide bonds. The van der Waals surface area contributed by atoms with Crippen LogP contribution in [-0.4, -0.2) is 39.5 Å². The Kier molecular flexibility index (Phi) is 5.53. The lowest BCUT2D eigenvalue weighted by Gasteiger charge is -2.19. The first-order valence-corrected chi connectivity index (χ1v) is 10.4. The van der Waals surface area contributed by atoms with E-state index in [1.54, 1.807) is 30.0 Å². The van der Waals surface area contributed by atoms with Gasteiger partial charge in [0, 0.05) is 17.5 Å². The van der Waals surface area contributed by atoms with Gasteiger partial charge in [-0.2, -0.15) is 0 Å². The van der Waals surface area contributed by atoms with E-state index in [9.17, 15) is 13.5 Å². The summed E-state index contributed by atoms with van der Waals surface area (Å²) in [5, 5.41) is 10.2. The fraction of sp³-hybridized carbons (Fsp3) is 0.294. The standard InChI is InChI=1S/C17H19NO5S2/c1-24-13-4-2-12(3-5-13)15(19)11-18-25(20,21)14-6-7-16-17(10-14)23-9-8-22-16/h2-7,10,15,18-19H,8-9,11H2,1H3. The third-order valence-corrected chi connectivity index (χ3v) is 5.96. The van der Waals surface area contributed by atoms with Gasteiger partial charge in [-0.1, -0.05) is 12.1 Å². The second-order valence-corrected chi connectivity index (χ2v) is 8.09. The van der Waals surface area contributed by atoms with Gasteiger partial charge in [-0.25, -0.2) is 13.1 Å². The molecule has 0 bridgehead atoms. The molecule has 2 aromatic rings. The van der Waals surface area contributed by atoms with Gasteiger partial charge in [-0.05, 0) is 36.1 Å². The van der Waals surface area contributed by atoms with E-state index >= 15 is 0 Å². The van der Waals surface area contributed by atoms with Crippen LogP contribution in [0.2, 0.25) is 0 Å². The first-order chi connectivity index (χ1) is 12.0. The van der Waals surface area contributed by atoms with E-state index in [2.05, 4.69) is 4.72 Å². The van der Waals surface area contributed by atoms with Crippen LogP contribution in [-0.2, 0) is 10.0 Å². The van der Waals surface area contributed by atoms with Crippen LogP contribution in [0.25, 0.3) is 0 Å². The van der Waals surface area contributed by atoms with E-state index in [1.165, 1.54) is 12.1 Å². The van der Waals surface area contributed by atoms with Gasteiger partial charge in [-0.15, -0.1) is 11.8 Å². The molecule has 6 nitrogen and oxygen atoms in total. The minimum Gasteiger partial charge on any atom is -0.486 e. The van der Waals surface area contributed by atoms with Crippen LogP contribution in [0.1, 0.15) is 11.7 Å². The molecule has 1 aliphatic heterocycles. The fourth-order valence-corrected chi connectivity index (χ4v) is 3.87. The van der Waals surface area contributed by atoms with Gasteiger partial charge in [-0.3, -0.25) is 0 Å². The summed E-state index contributed by atoms with van der Waals surface area (Å²) in [6, 6.07) is 11.8. The highest BCUT2D eigenvalue weighted by Crippen LogP contribution is 2.32. The van der Waals surface area contributed by atoms with Crippen molar-refractivity contribution in [1.29, 1.82) is 0 Å². The lowest BCUT2D eigenvalue weighted by molar-refractivity contribution is 0.171. The summed E-state index contributed by atoms with van der Waals surface area (Å²) in [7, 11) is -3.76. The molecule has 1 atom stereocenters. The molecule has 1 aliphatic rings. The van der Waals surface area contributed by atoms with Crippen molar-refractivity contribution in [3.63, 3.8) is 0 Å². The van der Waals surface area contributed by atoms with E-state index < -0.39 is 16.1 Å². The number of aliphatic hydroxyl groups is 1. The molecule has 2 N–H and O–H groups in total. The Hall–Kier alpha value is -1.74. The molecule has 0 aliphatic carbocycles. The average molecular weight is 381 g/mol. The number of ether oxygens (including phenoxy) is 2. The van der Waals surface area contributed by atoms with Gasteiger partial charge in [0.2, 0.25) is 10.0 Å². The van der Waals surface area contributed by atoms with E-state index in [1.807, 2.05) is 18.4 Å². The van der Waals surface area contributed by atoms with Crippen molar-refractivity contribution < 1.29 is 23.0 Å². The van der Waals surface area contributed by atoms with Gasteiger partial charge >= 0.3 is 0 Å². The molecule has 8 heteroatoms. The number of fused-ring (bicyclic) bond motifs is 1. The van der Waals surface area contributed by atoms with Gasteiger partial charge in [0.25, 0.3) is 0 Å². The van der Waals surface area contributed by atoms with Crippen molar-refractivity contribution in [2.24, 2.45) is 0 Å². The molecule has 0 saturated heterocycles. The number of hydrogen-bond donors (Lipinski definition) is 2. The number of thioether (sulfide) groups is 1. The molecule has 1 unspecified atom stereocenters. The third kappa shape index (κ3) is 4.27. The second-order valence-electron chi connectivity index (χ2n) is 5.45. The zero-order valence-electron chi connectivity index (χ0n) is 13.6. The summed E-state index contributed by atoms with van der Waals surface area (Å²) in [5.74, 6) is 0.932. The van der Waals surface area contributed by atoms with Gasteiger partial charge in [0.1, 0.15) is 13.2 Å². The maximum absolute atomic E-state index is 12.4. The van der Waals surface area contributed by atoms with Crippen molar-refractivity contribution in [2.45, 2.75) is 15.9 Å². The largest absolute Gasteiger partial charge is 0.486 e. The summed E-state index contributed by atoms with van der Waals surface area (Å²) in [6.07, 6.45) is 1.04. The van der Waals surface area contributed by atoms with Crippen molar-refractivity contribution in [2.75, 3.05) is 26.0 Å². The lowest BCUT2D eigenvalue weighted by Crippen LogP contribution is -2.28. The van der Waals surface area contributed by atoms with Crippen LogP contribution in [0.4, 0.5) is 0 Å². The van der Waals surface area contributed by atoms with Crippen LogP contribution < -0.4 is 14.2 Å². The maximum atomic E-state index is 12.4. The first kappa shape index (κ1) is 18.1. The van der Waals surface area contributed by atoms with Gasteiger partial charge in [0.05, 0.1) is 11.0 Å². The number of sulfonamides is 1. The summed E-state index contributed by atoms with van der Waals surface area (Å²) in [6.45, 7) is 0.711. The molecular weight excluding hydrogens is 362 g/mol. The molecule has 1 heterocycles. The normalized spacial score (nSPS) is 15.0.